The zero-order chi connectivity index (χ0) is 18.4. The zero-order valence-corrected chi connectivity index (χ0v) is 15.1. The van der Waals surface area contributed by atoms with E-state index in [1.807, 2.05) is 4.90 Å². The van der Waals surface area contributed by atoms with Crippen molar-refractivity contribution in [2.45, 2.75) is 25.7 Å². The van der Waals surface area contributed by atoms with Crippen molar-refractivity contribution >= 4 is 34.9 Å². The first-order valence-electron chi connectivity index (χ1n) is 8.71. The van der Waals surface area contributed by atoms with Gasteiger partial charge in [-0.15, -0.1) is 0 Å². The monoisotopic (exact) mass is 372 g/mol. The summed E-state index contributed by atoms with van der Waals surface area (Å²) in [6.45, 7) is 1.60. The molecular formula is C19H21ClN4O2. The molecule has 0 spiro atoms. The summed E-state index contributed by atoms with van der Waals surface area (Å²) in [6, 6.07) is 10.1. The molecule has 0 atom stereocenters. The number of anilines is 2. The van der Waals surface area contributed by atoms with Crippen LogP contribution in [0.4, 0.5) is 16.2 Å². The molecular weight excluding hydrogens is 352 g/mol. The number of urea groups is 1. The quantitative estimate of drug-likeness (QED) is 0.784. The van der Waals surface area contributed by atoms with Crippen LogP contribution in [0, 0.1) is 0 Å². The summed E-state index contributed by atoms with van der Waals surface area (Å²) in [6.07, 6.45) is 5.89. The van der Waals surface area contributed by atoms with E-state index in [9.17, 15) is 9.59 Å². The van der Waals surface area contributed by atoms with Gasteiger partial charge in [-0.2, -0.15) is 0 Å². The average Bonchev–Trinajstić information content (AvgIpc) is 2.93. The number of nitrogens with zero attached hydrogens (tertiary/aromatic N) is 2. The van der Waals surface area contributed by atoms with E-state index >= 15 is 0 Å². The first kappa shape index (κ1) is 18.2. The summed E-state index contributed by atoms with van der Waals surface area (Å²) in [5.74, 6) is -0.268. The molecule has 3 rings (SSSR count). The van der Waals surface area contributed by atoms with E-state index in [0.29, 0.717) is 22.1 Å². The van der Waals surface area contributed by atoms with E-state index in [1.165, 1.54) is 19.0 Å². The van der Waals surface area contributed by atoms with Crippen LogP contribution in [0.25, 0.3) is 0 Å². The lowest BCUT2D eigenvalue weighted by molar-refractivity contribution is 0.102. The van der Waals surface area contributed by atoms with Gasteiger partial charge in [-0.05, 0) is 49.2 Å². The summed E-state index contributed by atoms with van der Waals surface area (Å²) in [7, 11) is 0. The summed E-state index contributed by atoms with van der Waals surface area (Å²) >= 11 is 5.72. The molecule has 7 heteroatoms. The molecule has 2 N–H and O–H groups in total. The fraction of sp³-hybridized carbons (Fsp3) is 0.316. The molecule has 0 unspecified atom stereocenters. The van der Waals surface area contributed by atoms with Crippen molar-refractivity contribution in [1.82, 2.24) is 9.88 Å². The Kier molecular flexibility index (Phi) is 6.07. The van der Waals surface area contributed by atoms with Crippen LogP contribution >= 0.6 is 11.6 Å². The van der Waals surface area contributed by atoms with E-state index in [1.54, 1.807) is 36.4 Å². The highest BCUT2D eigenvalue weighted by molar-refractivity contribution is 6.29. The van der Waals surface area contributed by atoms with Gasteiger partial charge in [0.15, 0.2) is 0 Å². The molecule has 1 aromatic carbocycles. The van der Waals surface area contributed by atoms with Crippen molar-refractivity contribution in [3.8, 4) is 0 Å². The standard InChI is InChI=1S/C19H21ClN4O2/c20-17-10-5-14(13-21-17)18(25)22-15-6-8-16(9-7-15)23-19(26)24-11-3-1-2-4-12-24/h5-10,13H,1-4,11-12H2,(H,22,25)(H,23,26). The Hall–Kier alpha value is -2.60. The summed E-state index contributed by atoms with van der Waals surface area (Å²) in [5.41, 5.74) is 1.76. The number of benzene rings is 1. The number of carbonyl (C=O) groups is 2. The second-order valence-corrected chi connectivity index (χ2v) is 6.62. The van der Waals surface area contributed by atoms with Gasteiger partial charge in [-0.25, -0.2) is 9.78 Å². The number of hydrogen-bond donors (Lipinski definition) is 2. The minimum absolute atomic E-state index is 0.0732. The third-order valence-electron chi connectivity index (χ3n) is 4.28. The highest BCUT2D eigenvalue weighted by atomic mass is 35.5. The molecule has 136 valence electrons. The van der Waals surface area contributed by atoms with Crippen molar-refractivity contribution in [1.29, 1.82) is 0 Å². The molecule has 1 saturated heterocycles. The second-order valence-electron chi connectivity index (χ2n) is 6.23. The van der Waals surface area contributed by atoms with Crippen molar-refractivity contribution in [3.05, 3.63) is 53.3 Å². The third-order valence-corrected chi connectivity index (χ3v) is 4.50. The second kappa shape index (κ2) is 8.67. The molecule has 0 radical (unpaired) electrons. The Morgan fingerprint density at radius 1 is 0.885 bits per heavy atom. The van der Waals surface area contributed by atoms with Gasteiger partial charge >= 0.3 is 6.03 Å². The SMILES string of the molecule is O=C(Nc1ccc(NC(=O)N2CCCCCC2)cc1)c1ccc(Cl)nc1. The van der Waals surface area contributed by atoms with Crippen LogP contribution in [0.2, 0.25) is 5.15 Å². The summed E-state index contributed by atoms with van der Waals surface area (Å²) < 4.78 is 0. The molecule has 3 amide bonds. The molecule has 6 nitrogen and oxygen atoms in total. The summed E-state index contributed by atoms with van der Waals surface area (Å²) in [4.78, 5) is 30.2. The lowest BCUT2D eigenvalue weighted by Crippen LogP contribution is -2.35. The minimum atomic E-state index is -0.268. The maximum atomic E-state index is 12.3. The van der Waals surface area contributed by atoms with Gasteiger partial charge in [-0.1, -0.05) is 24.4 Å². The van der Waals surface area contributed by atoms with Gasteiger partial charge in [-0.3, -0.25) is 4.79 Å². The van der Waals surface area contributed by atoms with Crippen LogP contribution in [0.15, 0.2) is 42.6 Å². The Morgan fingerprint density at radius 2 is 1.50 bits per heavy atom. The van der Waals surface area contributed by atoms with Crippen molar-refractivity contribution in [2.75, 3.05) is 23.7 Å². The summed E-state index contributed by atoms with van der Waals surface area (Å²) in [5, 5.41) is 6.03. The van der Waals surface area contributed by atoms with Crippen molar-refractivity contribution < 1.29 is 9.59 Å². The lowest BCUT2D eigenvalue weighted by Gasteiger charge is -2.20. The molecule has 1 aromatic heterocycles. The first-order chi connectivity index (χ1) is 12.6. The molecule has 26 heavy (non-hydrogen) atoms. The maximum Gasteiger partial charge on any atom is 0.321 e. The molecule has 1 aliphatic heterocycles. The Bertz CT molecular complexity index is 754. The first-order valence-corrected chi connectivity index (χ1v) is 9.08. The molecule has 1 aliphatic rings. The van der Waals surface area contributed by atoms with E-state index in [4.69, 9.17) is 11.6 Å². The van der Waals surface area contributed by atoms with Crippen LogP contribution in [0.3, 0.4) is 0 Å². The van der Waals surface area contributed by atoms with Gasteiger partial charge in [0.25, 0.3) is 5.91 Å². The van der Waals surface area contributed by atoms with E-state index in [0.717, 1.165) is 25.9 Å². The predicted octanol–water partition coefficient (Wildman–Crippen LogP) is 4.40. The fourth-order valence-corrected chi connectivity index (χ4v) is 2.94. The number of halogens is 1. The minimum Gasteiger partial charge on any atom is -0.325 e. The molecule has 0 aliphatic carbocycles. The van der Waals surface area contributed by atoms with Gasteiger partial charge in [0.1, 0.15) is 5.15 Å². The maximum absolute atomic E-state index is 12.3. The van der Waals surface area contributed by atoms with E-state index in [2.05, 4.69) is 15.6 Å². The third kappa shape index (κ3) is 4.95. The zero-order valence-electron chi connectivity index (χ0n) is 14.4. The van der Waals surface area contributed by atoms with Crippen molar-refractivity contribution in [3.63, 3.8) is 0 Å². The average molecular weight is 373 g/mol. The largest absolute Gasteiger partial charge is 0.325 e. The topological polar surface area (TPSA) is 74.3 Å². The number of pyridine rings is 1. The number of hydrogen-bond acceptors (Lipinski definition) is 3. The predicted molar refractivity (Wildman–Crippen MR) is 103 cm³/mol. The highest BCUT2D eigenvalue weighted by Crippen LogP contribution is 2.17. The van der Waals surface area contributed by atoms with E-state index < -0.39 is 0 Å². The van der Waals surface area contributed by atoms with Crippen LogP contribution in [-0.4, -0.2) is 34.9 Å². The highest BCUT2D eigenvalue weighted by Gasteiger charge is 2.15. The smallest absolute Gasteiger partial charge is 0.321 e. The molecule has 2 aromatic rings. The Morgan fingerprint density at radius 3 is 2.08 bits per heavy atom. The van der Waals surface area contributed by atoms with Gasteiger partial charge in [0.05, 0.1) is 5.56 Å². The number of rotatable bonds is 3. The van der Waals surface area contributed by atoms with Gasteiger partial charge in [0, 0.05) is 30.7 Å². The number of aromatic nitrogens is 1. The molecule has 0 saturated carbocycles. The van der Waals surface area contributed by atoms with Crippen molar-refractivity contribution in [2.24, 2.45) is 0 Å². The van der Waals surface area contributed by atoms with Crippen LogP contribution in [0.1, 0.15) is 36.0 Å². The number of amides is 3. The Labute approximate surface area is 157 Å². The normalized spacial score (nSPS) is 14.4. The fourth-order valence-electron chi connectivity index (χ4n) is 2.83. The van der Waals surface area contributed by atoms with Crippen LogP contribution < -0.4 is 10.6 Å². The van der Waals surface area contributed by atoms with Crippen LogP contribution in [-0.2, 0) is 0 Å². The number of carbonyl (C=O) groups excluding carboxylic acids is 2. The molecule has 1 fully saturated rings. The lowest BCUT2D eigenvalue weighted by atomic mass is 10.2. The number of likely N-dealkylation sites (tertiary alicyclic amines) is 1. The molecule has 0 bridgehead atoms. The van der Waals surface area contributed by atoms with Gasteiger partial charge < -0.3 is 15.5 Å². The van der Waals surface area contributed by atoms with Crippen LogP contribution in [0.5, 0.6) is 0 Å². The molecule has 2 heterocycles. The Balaban J connectivity index is 1.56. The number of nitrogens with one attached hydrogen (secondary N) is 2. The van der Waals surface area contributed by atoms with E-state index in [-0.39, 0.29) is 11.9 Å². The van der Waals surface area contributed by atoms with Gasteiger partial charge in [0.2, 0.25) is 0 Å².